The molecule has 4 atom stereocenters. The van der Waals surface area contributed by atoms with Crippen molar-refractivity contribution in [3.8, 4) is 0 Å². The van der Waals surface area contributed by atoms with Gasteiger partial charge in [-0.2, -0.15) is 0 Å². The maximum absolute atomic E-state index is 12.4. The number of hydrogen-bond acceptors (Lipinski definition) is 2. The summed E-state index contributed by atoms with van der Waals surface area (Å²) in [7, 11) is 0. The van der Waals surface area contributed by atoms with Gasteiger partial charge in [0.15, 0.2) is 11.1 Å². The molecule has 2 fully saturated rings. The molecule has 2 nitrogen and oxygen atoms in total. The lowest BCUT2D eigenvalue weighted by atomic mass is 9.76. The van der Waals surface area contributed by atoms with E-state index in [0.717, 1.165) is 31.1 Å². The van der Waals surface area contributed by atoms with Crippen molar-refractivity contribution >= 4 is 11.1 Å². The molecule has 0 aliphatic heterocycles. The van der Waals surface area contributed by atoms with Crippen LogP contribution in [0.15, 0.2) is 0 Å². The Hall–Kier alpha value is 0.110. The van der Waals surface area contributed by atoms with Crippen LogP contribution in [0, 0.1) is 17.8 Å². The molecule has 0 bridgehead atoms. The minimum absolute atomic E-state index is 0.226. The van der Waals surface area contributed by atoms with E-state index in [1.54, 1.807) is 0 Å². The van der Waals surface area contributed by atoms with Gasteiger partial charge in [-0.05, 0) is 49.9 Å². The van der Waals surface area contributed by atoms with Crippen molar-refractivity contribution in [3.63, 3.8) is 0 Å². The molecule has 3 heteroatoms. The molecule has 0 amide bonds. The zero-order chi connectivity index (χ0) is 13.8. The van der Waals surface area contributed by atoms with E-state index >= 15 is 0 Å². The summed E-state index contributed by atoms with van der Waals surface area (Å²) in [4.78, 5) is 0. The largest absolute Gasteiger partial charge is 0.287 e. The van der Waals surface area contributed by atoms with Crippen molar-refractivity contribution in [1.82, 2.24) is 0 Å². The molecule has 19 heavy (non-hydrogen) atoms. The molecule has 0 N–H and O–H groups in total. The highest BCUT2D eigenvalue weighted by Gasteiger charge is 2.33. The molecule has 2 aliphatic rings. The summed E-state index contributed by atoms with van der Waals surface area (Å²) in [5.74, 6) is 2.05. The highest BCUT2D eigenvalue weighted by atomic mass is 32.2. The van der Waals surface area contributed by atoms with Crippen LogP contribution in [-0.2, 0) is 15.3 Å². The summed E-state index contributed by atoms with van der Waals surface area (Å²) in [5.41, 5.74) is 0. The summed E-state index contributed by atoms with van der Waals surface area (Å²) in [6.45, 7) is 6.87. The van der Waals surface area contributed by atoms with Crippen LogP contribution in [0.1, 0.15) is 72.1 Å². The molecule has 0 aromatic heterocycles. The number of rotatable bonds is 4. The lowest BCUT2D eigenvalue weighted by Crippen LogP contribution is -2.35. The molecule has 112 valence electrons. The third-order valence-corrected chi connectivity index (χ3v) is 6.60. The highest BCUT2D eigenvalue weighted by Crippen LogP contribution is 2.36. The van der Waals surface area contributed by atoms with Crippen molar-refractivity contribution in [2.75, 3.05) is 0 Å². The molecular weight excluding hydrogens is 256 g/mol. The average molecular weight is 286 g/mol. The second kappa shape index (κ2) is 7.21. The van der Waals surface area contributed by atoms with Crippen molar-refractivity contribution < 1.29 is 8.39 Å². The van der Waals surface area contributed by atoms with E-state index in [2.05, 4.69) is 20.8 Å². The smallest absolute Gasteiger partial charge is 0.158 e. The van der Waals surface area contributed by atoms with Gasteiger partial charge >= 0.3 is 0 Å². The Morgan fingerprint density at radius 3 is 2.37 bits per heavy atom. The Labute approximate surface area is 121 Å². The topological polar surface area (TPSA) is 26.3 Å². The molecule has 2 aliphatic carbocycles. The fourth-order valence-electron chi connectivity index (χ4n) is 3.51. The van der Waals surface area contributed by atoms with Gasteiger partial charge < -0.3 is 0 Å². The summed E-state index contributed by atoms with van der Waals surface area (Å²) >= 11 is -1.05. The fourth-order valence-corrected chi connectivity index (χ4v) is 4.90. The van der Waals surface area contributed by atoms with E-state index in [4.69, 9.17) is 4.18 Å². The molecule has 0 aromatic carbocycles. The van der Waals surface area contributed by atoms with Crippen molar-refractivity contribution in [2.24, 2.45) is 17.8 Å². The first kappa shape index (κ1) is 15.5. The molecule has 2 rings (SSSR count). The molecule has 1 unspecified atom stereocenters. The Morgan fingerprint density at radius 2 is 1.74 bits per heavy atom. The van der Waals surface area contributed by atoms with Gasteiger partial charge in [-0.1, -0.05) is 40.0 Å². The van der Waals surface area contributed by atoms with Gasteiger partial charge in [0.1, 0.15) is 0 Å². The Kier molecular flexibility index (Phi) is 5.88. The van der Waals surface area contributed by atoms with E-state index < -0.39 is 11.1 Å². The lowest BCUT2D eigenvalue weighted by Gasteiger charge is -2.36. The quantitative estimate of drug-likeness (QED) is 0.762. The summed E-state index contributed by atoms with van der Waals surface area (Å²) in [5, 5.41) is 0.306. The minimum atomic E-state index is -1.05. The van der Waals surface area contributed by atoms with Crippen LogP contribution >= 0.6 is 0 Å². The molecular formula is C16H30O2S. The van der Waals surface area contributed by atoms with Crippen LogP contribution in [0.5, 0.6) is 0 Å². The van der Waals surface area contributed by atoms with Crippen LogP contribution in [0.4, 0.5) is 0 Å². The molecule has 0 saturated heterocycles. The Balaban J connectivity index is 1.87. The molecule has 0 aromatic rings. The normalized spacial score (nSPS) is 35.5. The van der Waals surface area contributed by atoms with Crippen LogP contribution in [0.2, 0.25) is 0 Å². The maximum Gasteiger partial charge on any atom is 0.158 e. The lowest BCUT2D eigenvalue weighted by molar-refractivity contribution is 0.0701. The van der Waals surface area contributed by atoms with E-state index in [1.807, 2.05) is 0 Å². The first-order chi connectivity index (χ1) is 9.08. The Morgan fingerprint density at radius 1 is 1.05 bits per heavy atom. The minimum Gasteiger partial charge on any atom is -0.287 e. The van der Waals surface area contributed by atoms with Gasteiger partial charge in [0.05, 0.1) is 11.4 Å². The first-order valence-electron chi connectivity index (χ1n) is 8.15. The summed E-state index contributed by atoms with van der Waals surface area (Å²) < 4.78 is 18.4. The maximum atomic E-state index is 12.4. The zero-order valence-corrected chi connectivity index (χ0v) is 13.6. The molecule has 0 heterocycles. The van der Waals surface area contributed by atoms with Gasteiger partial charge in [0, 0.05) is 0 Å². The van der Waals surface area contributed by atoms with E-state index in [9.17, 15) is 4.21 Å². The predicted octanol–water partition coefficient (Wildman–Crippen LogP) is 4.46. The first-order valence-corrected chi connectivity index (χ1v) is 9.29. The van der Waals surface area contributed by atoms with Gasteiger partial charge in [-0.3, -0.25) is 4.18 Å². The third kappa shape index (κ3) is 4.29. The monoisotopic (exact) mass is 286 g/mol. The van der Waals surface area contributed by atoms with Crippen LogP contribution in [0.3, 0.4) is 0 Å². The zero-order valence-electron chi connectivity index (χ0n) is 12.8. The van der Waals surface area contributed by atoms with E-state index in [0.29, 0.717) is 11.2 Å². The highest BCUT2D eigenvalue weighted by molar-refractivity contribution is 7.80. The van der Waals surface area contributed by atoms with Crippen molar-refractivity contribution in [1.29, 1.82) is 0 Å². The van der Waals surface area contributed by atoms with Gasteiger partial charge in [-0.25, -0.2) is 4.21 Å². The standard InChI is InChI=1S/C16H30O2S/c1-12(2)14-10-9-13(3)16(11-14)18-19(17)15-7-5-4-6-8-15/h12-16H,4-11H2,1-3H3/t13-,14-,16-,19?/m1/s1. The van der Waals surface area contributed by atoms with E-state index in [1.165, 1.54) is 32.1 Å². The molecule has 0 spiro atoms. The Bertz CT molecular complexity index is 297. The van der Waals surface area contributed by atoms with Gasteiger partial charge in [0.25, 0.3) is 0 Å². The van der Waals surface area contributed by atoms with Crippen molar-refractivity contribution in [2.45, 2.75) is 83.5 Å². The molecule has 2 saturated carbocycles. The van der Waals surface area contributed by atoms with E-state index in [-0.39, 0.29) is 6.10 Å². The van der Waals surface area contributed by atoms with Crippen LogP contribution in [0.25, 0.3) is 0 Å². The van der Waals surface area contributed by atoms with Crippen LogP contribution < -0.4 is 0 Å². The second-order valence-electron chi connectivity index (χ2n) is 6.95. The van der Waals surface area contributed by atoms with Crippen LogP contribution in [-0.4, -0.2) is 15.6 Å². The summed E-state index contributed by atoms with van der Waals surface area (Å²) in [6.07, 6.45) is 9.85. The fraction of sp³-hybridized carbons (Fsp3) is 1.00. The second-order valence-corrected chi connectivity index (χ2v) is 8.33. The third-order valence-electron chi connectivity index (χ3n) is 5.15. The van der Waals surface area contributed by atoms with Crippen molar-refractivity contribution in [3.05, 3.63) is 0 Å². The SMILES string of the molecule is CC(C)[C@@H]1CC[C@@H](C)[C@H](OS(=O)C2CCCCC2)C1. The molecule has 0 radical (unpaired) electrons. The predicted molar refractivity (Wildman–Crippen MR) is 81.2 cm³/mol. The summed E-state index contributed by atoms with van der Waals surface area (Å²) in [6, 6.07) is 0. The van der Waals surface area contributed by atoms with Gasteiger partial charge in [-0.15, -0.1) is 0 Å². The average Bonchev–Trinajstić information content (AvgIpc) is 2.42. The number of hydrogen-bond donors (Lipinski definition) is 0. The van der Waals surface area contributed by atoms with Gasteiger partial charge in [0.2, 0.25) is 0 Å².